The zero-order valence-corrected chi connectivity index (χ0v) is 22.2. The van der Waals surface area contributed by atoms with Gasteiger partial charge < -0.3 is 14.8 Å². The molecule has 0 fully saturated rings. The molecule has 0 saturated heterocycles. The second-order valence-electron chi connectivity index (χ2n) is 8.66. The minimum Gasteiger partial charge on any atom is -0.388 e. The van der Waals surface area contributed by atoms with E-state index in [0.29, 0.717) is 10.9 Å². The van der Waals surface area contributed by atoms with E-state index >= 15 is 0 Å². The number of halogens is 1. The molecule has 0 saturated carbocycles. The lowest BCUT2D eigenvalue weighted by Crippen LogP contribution is -2.10. The number of ether oxygens (including phenoxy) is 1. The summed E-state index contributed by atoms with van der Waals surface area (Å²) in [4.78, 5) is 8.00. The van der Waals surface area contributed by atoms with Crippen LogP contribution >= 0.6 is 11.6 Å². The van der Waals surface area contributed by atoms with Gasteiger partial charge in [-0.25, -0.2) is 4.68 Å². The van der Waals surface area contributed by atoms with E-state index in [2.05, 4.69) is 86.2 Å². The lowest BCUT2D eigenvalue weighted by molar-refractivity contribution is -0.0979. The van der Waals surface area contributed by atoms with Gasteiger partial charge in [0.15, 0.2) is 0 Å². The number of rotatable bonds is 3. The van der Waals surface area contributed by atoms with Gasteiger partial charge in [-0.1, -0.05) is 81.3 Å². The van der Waals surface area contributed by atoms with E-state index in [4.69, 9.17) is 16.4 Å². The predicted octanol–water partition coefficient (Wildman–Crippen LogP) is 6.46. The Morgan fingerprint density at radius 2 is 1.61 bits per heavy atom. The van der Waals surface area contributed by atoms with Crippen molar-refractivity contribution in [3.63, 3.8) is 0 Å². The zero-order valence-electron chi connectivity index (χ0n) is 21.4. The molecule has 0 aliphatic rings. The summed E-state index contributed by atoms with van der Waals surface area (Å²) in [5.74, 6) is 0.355. The number of aryl methyl sites for hydroxylation is 1. The Labute approximate surface area is 204 Å². The number of benzene rings is 2. The highest BCUT2D eigenvalue weighted by Crippen LogP contribution is 2.26. The lowest BCUT2D eigenvalue weighted by Gasteiger charge is -2.18. The second kappa shape index (κ2) is 15.2. The lowest BCUT2D eigenvalue weighted by atomic mass is 9.87. The van der Waals surface area contributed by atoms with Crippen LogP contribution in [-0.4, -0.2) is 43.1 Å². The number of carbonyl (C=O) groups excluding carboxylic acids is 1. The van der Waals surface area contributed by atoms with Crippen LogP contribution in [0.25, 0.3) is 5.69 Å². The summed E-state index contributed by atoms with van der Waals surface area (Å²) >= 11 is 6.03. The van der Waals surface area contributed by atoms with Crippen molar-refractivity contribution in [1.82, 2.24) is 15.0 Å². The summed E-state index contributed by atoms with van der Waals surface area (Å²) < 4.78 is 6.07. The largest absolute Gasteiger partial charge is 0.388 e. The van der Waals surface area contributed by atoms with Crippen LogP contribution in [-0.2, 0) is 14.9 Å². The number of methoxy groups -OCH3 is 1. The quantitative estimate of drug-likeness (QED) is 0.472. The van der Waals surface area contributed by atoms with Crippen molar-refractivity contribution in [3.05, 3.63) is 70.5 Å². The van der Waals surface area contributed by atoms with Crippen molar-refractivity contribution in [2.24, 2.45) is 0 Å². The summed E-state index contributed by atoms with van der Waals surface area (Å²) in [5, 5.41) is 11.9. The molecule has 33 heavy (non-hydrogen) atoms. The molecule has 1 aromatic heterocycles. The van der Waals surface area contributed by atoms with E-state index < -0.39 is 0 Å². The van der Waals surface area contributed by atoms with Crippen LogP contribution in [0.15, 0.2) is 48.7 Å². The summed E-state index contributed by atoms with van der Waals surface area (Å²) in [6.07, 6.45) is 1.78. The molecule has 2 aromatic carbocycles. The summed E-state index contributed by atoms with van der Waals surface area (Å²) in [5.41, 5.74) is 5.97. The summed E-state index contributed by atoms with van der Waals surface area (Å²) in [6, 6.07) is 14.4. The Bertz CT molecular complexity index is 932. The highest BCUT2D eigenvalue weighted by atomic mass is 35.5. The van der Waals surface area contributed by atoms with Crippen LogP contribution in [0, 0.1) is 6.92 Å². The van der Waals surface area contributed by atoms with E-state index in [9.17, 15) is 0 Å². The molecule has 7 heteroatoms. The first-order valence-electron chi connectivity index (χ1n) is 10.7. The highest BCUT2D eigenvalue weighted by Gasteiger charge is 2.13. The molecule has 0 atom stereocenters. The van der Waals surface area contributed by atoms with Crippen molar-refractivity contribution >= 4 is 24.1 Å². The van der Waals surface area contributed by atoms with E-state index in [-0.39, 0.29) is 5.41 Å². The molecule has 3 rings (SSSR count). The van der Waals surface area contributed by atoms with Gasteiger partial charge in [0.25, 0.3) is 0 Å². The monoisotopic (exact) mass is 474 g/mol. The number of aromatic nitrogens is 3. The molecule has 0 unspecified atom stereocenters. The molecule has 1 N–H and O–H groups in total. The summed E-state index contributed by atoms with van der Waals surface area (Å²) in [7, 11) is 5.12. The number of nitrogens with one attached hydrogen (secondary N) is 1. The van der Waals surface area contributed by atoms with Gasteiger partial charge in [-0.05, 0) is 42.0 Å². The fourth-order valence-electron chi connectivity index (χ4n) is 2.77. The van der Waals surface area contributed by atoms with E-state index in [0.717, 1.165) is 17.1 Å². The van der Waals surface area contributed by atoms with Crippen molar-refractivity contribution < 1.29 is 9.53 Å². The zero-order chi connectivity index (χ0) is 25.6. The van der Waals surface area contributed by atoms with Gasteiger partial charge in [0.2, 0.25) is 0 Å². The Morgan fingerprint density at radius 1 is 1.06 bits per heavy atom. The molecular weight excluding hydrogens is 436 g/mol. The van der Waals surface area contributed by atoms with E-state index in [1.165, 1.54) is 11.1 Å². The Kier molecular flexibility index (Phi) is 14.0. The SMILES string of the molecule is C=O.CNc1ccc(Cl)cc1-n1nncc1C(C)C.COC.Cc1ccc(C(C)(C)C)cc1. The van der Waals surface area contributed by atoms with Gasteiger partial charge in [-0.2, -0.15) is 0 Å². The topological polar surface area (TPSA) is 69.0 Å². The highest BCUT2D eigenvalue weighted by molar-refractivity contribution is 6.30. The maximum atomic E-state index is 8.00. The van der Waals surface area contributed by atoms with Crippen molar-refractivity contribution in [2.45, 2.75) is 52.9 Å². The molecule has 0 radical (unpaired) electrons. The first-order valence-corrected chi connectivity index (χ1v) is 11.1. The molecule has 0 amide bonds. The molecule has 182 valence electrons. The molecule has 0 aliphatic heterocycles. The third kappa shape index (κ3) is 10.2. The molecular formula is C26H39ClN4O2. The van der Waals surface area contributed by atoms with Gasteiger partial charge in [0.1, 0.15) is 6.79 Å². The predicted molar refractivity (Wildman–Crippen MR) is 140 cm³/mol. The standard InChI is InChI=1S/C12H15ClN4.C11H16.C2H6O.CH2O/c1-8(2)12-7-15-16-17(12)11-6-9(13)4-5-10(11)14-3;1-9-5-7-10(8-6-9)11(2,3)4;1-3-2;1-2/h4-8,14H,1-3H3;5-8H,1-4H3;1-2H3;1H2. The van der Waals surface area contributed by atoms with Gasteiger partial charge in [0, 0.05) is 26.3 Å². The van der Waals surface area contributed by atoms with Gasteiger partial charge in [-0.15, -0.1) is 5.10 Å². The maximum absolute atomic E-state index is 8.00. The van der Waals surface area contributed by atoms with Crippen LogP contribution in [0.1, 0.15) is 57.4 Å². The number of hydrogen-bond acceptors (Lipinski definition) is 5. The Morgan fingerprint density at radius 3 is 2.06 bits per heavy atom. The average molecular weight is 475 g/mol. The van der Waals surface area contributed by atoms with Gasteiger partial charge in [-0.3, -0.25) is 0 Å². The smallest absolute Gasteiger partial charge is 0.106 e. The maximum Gasteiger partial charge on any atom is 0.106 e. The average Bonchev–Trinajstić information content (AvgIpc) is 3.26. The minimum absolute atomic E-state index is 0.285. The van der Waals surface area contributed by atoms with Crippen molar-refractivity contribution in [1.29, 1.82) is 0 Å². The fourth-order valence-corrected chi connectivity index (χ4v) is 2.94. The Hall–Kier alpha value is -2.70. The molecule has 0 spiro atoms. The summed E-state index contributed by atoms with van der Waals surface area (Å²) in [6.45, 7) is 15.0. The third-order valence-electron chi connectivity index (χ3n) is 4.54. The van der Waals surface area contributed by atoms with E-state index in [1.54, 1.807) is 20.4 Å². The fraction of sp³-hybridized carbons (Fsp3) is 0.423. The van der Waals surface area contributed by atoms with Gasteiger partial charge >= 0.3 is 0 Å². The van der Waals surface area contributed by atoms with Crippen LogP contribution in [0.2, 0.25) is 5.02 Å². The molecule has 1 heterocycles. The molecule has 0 bridgehead atoms. The minimum atomic E-state index is 0.285. The van der Waals surface area contributed by atoms with Crippen molar-refractivity contribution in [2.75, 3.05) is 26.6 Å². The van der Waals surface area contributed by atoms with Crippen LogP contribution in [0.3, 0.4) is 0 Å². The first kappa shape index (κ1) is 30.3. The number of anilines is 1. The number of carbonyl (C=O) groups is 1. The van der Waals surface area contributed by atoms with Crippen LogP contribution in [0.4, 0.5) is 5.69 Å². The number of hydrogen-bond donors (Lipinski definition) is 1. The van der Waals surface area contributed by atoms with Crippen LogP contribution in [0.5, 0.6) is 0 Å². The normalized spacial score (nSPS) is 10.2. The van der Waals surface area contributed by atoms with Gasteiger partial charge in [0.05, 0.1) is 23.3 Å². The van der Waals surface area contributed by atoms with Crippen molar-refractivity contribution in [3.8, 4) is 5.69 Å². The van der Waals surface area contributed by atoms with Crippen LogP contribution < -0.4 is 5.32 Å². The Balaban J connectivity index is 0.000000552. The third-order valence-corrected chi connectivity index (χ3v) is 4.78. The second-order valence-corrected chi connectivity index (χ2v) is 9.10. The molecule has 6 nitrogen and oxygen atoms in total. The molecule has 3 aromatic rings. The first-order chi connectivity index (χ1) is 15.5. The number of nitrogens with zero attached hydrogens (tertiary/aromatic N) is 3. The van der Waals surface area contributed by atoms with E-state index in [1.807, 2.05) is 36.7 Å². The molecule has 0 aliphatic carbocycles.